The summed E-state index contributed by atoms with van der Waals surface area (Å²) in [6.07, 6.45) is 0. The fourth-order valence-electron chi connectivity index (χ4n) is 0.594. The van der Waals surface area contributed by atoms with Gasteiger partial charge < -0.3 is 4.18 Å². The highest BCUT2D eigenvalue weighted by atomic mass is 35.5. The predicted octanol–water partition coefficient (Wildman–Crippen LogP) is 1.58. The molecule has 1 unspecified atom stereocenters. The lowest BCUT2D eigenvalue weighted by Gasteiger charge is -2.00. The Morgan fingerprint density at radius 1 is 1.45 bits per heavy atom. The molecule has 0 aliphatic heterocycles. The minimum absolute atomic E-state index is 0.266. The van der Waals surface area contributed by atoms with E-state index in [9.17, 15) is 4.21 Å². The Balaban J connectivity index is 2.86. The molecule has 0 aromatic heterocycles. The Bertz CT molecular complexity index is 279. The molecule has 5 heteroatoms. The van der Waals surface area contributed by atoms with E-state index in [2.05, 4.69) is 4.18 Å². The molecule has 59 valence electrons. The zero-order valence-corrected chi connectivity index (χ0v) is 6.98. The van der Waals surface area contributed by atoms with Gasteiger partial charge in [0.25, 0.3) is 0 Å². The summed E-state index contributed by atoms with van der Waals surface area (Å²) in [7, 11) is 0. The van der Waals surface area contributed by atoms with Gasteiger partial charge in [-0.1, -0.05) is 23.7 Å². The lowest BCUT2D eigenvalue weighted by molar-refractivity contribution is 0.562. The van der Waals surface area contributed by atoms with E-state index in [1.807, 2.05) is 0 Å². The zero-order chi connectivity index (χ0) is 8.27. The first-order valence-corrected chi connectivity index (χ1v) is 4.21. The quantitative estimate of drug-likeness (QED) is 0.711. The minimum atomic E-state index is -2.06. The number of hydrogen-bond donors (Lipinski definition) is 0. The third kappa shape index (κ3) is 2.49. The number of halogens is 1. The van der Waals surface area contributed by atoms with E-state index in [0.29, 0.717) is 5.02 Å². The molecule has 1 rings (SSSR count). The van der Waals surface area contributed by atoms with Gasteiger partial charge in [0, 0.05) is 0 Å². The van der Waals surface area contributed by atoms with Crippen molar-refractivity contribution >= 4 is 22.9 Å². The smallest absolute Gasteiger partial charge is 0.303 e. The Hall–Kier alpha value is -0.580. The zero-order valence-electron chi connectivity index (χ0n) is 5.41. The first-order valence-electron chi connectivity index (χ1n) is 2.76. The Morgan fingerprint density at radius 3 is 2.64 bits per heavy atom. The Kier molecular flexibility index (Phi) is 2.87. The second kappa shape index (κ2) is 3.71. The lowest BCUT2D eigenvalue weighted by atomic mass is 10.3. The van der Waals surface area contributed by atoms with Gasteiger partial charge in [-0.2, -0.15) is 4.21 Å². The number of benzene rings is 1. The molecule has 1 aromatic carbocycles. The molecule has 0 spiro atoms. The summed E-state index contributed by atoms with van der Waals surface area (Å²) in [6, 6.07) is 6.56. The minimum Gasteiger partial charge on any atom is -0.387 e. The largest absolute Gasteiger partial charge is 0.387 e. The SMILES string of the molecule is [NH]S(=O)Oc1ccccc1Cl. The Labute approximate surface area is 71.9 Å². The van der Waals surface area contributed by atoms with Gasteiger partial charge in [0.15, 0.2) is 5.75 Å². The maximum atomic E-state index is 10.3. The maximum absolute atomic E-state index is 10.3. The van der Waals surface area contributed by atoms with Gasteiger partial charge in [0.05, 0.1) is 5.02 Å². The summed E-state index contributed by atoms with van der Waals surface area (Å²) in [5.74, 6) is 0.266. The standard InChI is InChI=1S/C6H5ClNO2S/c7-5-3-1-2-4-6(5)10-11(8)9/h1-4,8H. The van der Waals surface area contributed by atoms with E-state index in [1.165, 1.54) is 0 Å². The van der Waals surface area contributed by atoms with Crippen molar-refractivity contribution in [1.82, 2.24) is 5.14 Å². The van der Waals surface area contributed by atoms with Crippen LogP contribution in [-0.4, -0.2) is 4.21 Å². The molecule has 0 saturated heterocycles. The number of nitrogens with one attached hydrogen (secondary N) is 1. The summed E-state index contributed by atoms with van der Waals surface area (Å²) >= 11 is 3.56. The van der Waals surface area contributed by atoms with Crippen LogP contribution in [0.2, 0.25) is 5.02 Å². The number of rotatable bonds is 2. The maximum Gasteiger partial charge on any atom is 0.303 e. The summed E-state index contributed by atoms with van der Waals surface area (Å²) < 4.78 is 14.8. The fourth-order valence-corrected chi connectivity index (χ4v) is 1.12. The first kappa shape index (κ1) is 8.52. The molecule has 1 atom stereocenters. The van der Waals surface area contributed by atoms with Crippen molar-refractivity contribution in [1.29, 1.82) is 0 Å². The third-order valence-electron chi connectivity index (χ3n) is 1.00. The van der Waals surface area contributed by atoms with Crippen LogP contribution in [0.1, 0.15) is 0 Å². The van der Waals surface area contributed by atoms with Crippen molar-refractivity contribution < 1.29 is 8.39 Å². The van der Waals surface area contributed by atoms with Crippen LogP contribution in [0, 0.1) is 0 Å². The Morgan fingerprint density at radius 2 is 2.09 bits per heavy atom. The van der Waals surface area contributed by atoms with Crippen LogP contribution < -0.4 is 9.32 Å². The van der Waals surface area contributed by atoms with Crippen LogP contribution in [0.25, 0.3) is 0 Å². The first-order chi connectivity index (χ1) is 5.20. The molecule has 0 fully saturated rings. The van der Waals surface area contributed by atoms with Crippen LogP contribution in [0.4, 0.5) is 0 Å². The average Bonchev–Trinajstić information content (AvgIpc) is 1.93. The molecular weight excluding hydrogens is 186 g/mol. The summed E-state index contributed by atoms with van der Waals surface area (Å²) in [6.45, 7) is 0. The van der Waals surface area contributed by atoms with Gasteiger partial charge in [0.1, 0.15) is 0 Å². The topological polar surface area (TPSA) is 50.1 Å². The van der Waals surface area contributed by atoms with Crippen molar-refractivity contribution in [3.8, 4) is 5.75 Å². The number of para-hydroxylation sites is 1. The van der Waals surface area contributed by atoms with Crippen LogP contribution in [0.5, 0.6) is 5.75 Å². The van der Waals surface area contributed by atoms with Gasteiger partial charge in [-0.25, -0.2) is 0 Å². The van der Waals surface area contributed by atoms with Crippen molar-refractivity contribution in [3.63, 3.8) is 0 Å². The molecule has 0 heterocycles. The van der Waals surface area contributed by atoms with Crippen LogP contribution in [-0.2, 0) is 11.3 Å². The second-order valence-corrected chi connectivity index (χ2v) is 2.79. The molecule has 11 heavy (non-hydrogen) atoms. The van der Waals surface area contributed by atoms with E-state index >= 15 is 0 Å². The number of hydrogen-bond acceptors (Lipinski definition) is 2. The van der Waals surface area contributed by atoms with Gasteiger partial charge >= 0.3 is 11.3 Å². The van der Waals surface area contributed by atoms with Crippen LogP contribution >= 0.6 is 11.6 Å². The summed E-state index contributed by atoms with van der Waals surface area (Å²) in [4.78, 5) is 0. The molecule has 1 radical (unpaired) electrons. The highest BCUT2D eigenvalue weighted by Gasteiger charge is 2.01. The summed E-state index contributed by atoms with van der Waals surface area (Å²) in [5, 5.41) is 6.96. The lowest BCUT2D eigenvalue weighted by Crippen LogP contribution is -1.99. The molecule has 1 N–H and O–H groups in total. The molecule has 0 saturated carbocycles. The predicted molar refractivity (Wildman–Crippen MR) is 43.3 cm³/mol. The van der Waals surface area contributed by atoms with E-state index < -0.39 is 11.3 Å². The average molecular weight is 191 g/mol. The molecule has 0 aliphatic carbocycles. The van der Waals surface area contributed by atoms with Gasteiger partial charge in [-0.15, -0.1) is 5.14 Å². The van der Waals surface area contributed by atoms with Crippen LogP contribution in [0.3, 0.4) is 0 Å². The fraction of sp³-hybridized carbons (Fsp3) is 0. The van der Waals surface area contributed by atoms with Gasteiger partial charge in [-0.05, 0) is 12.1 Å². The van der Waals surface area contributed by atoms with Crippen molar-refractivity contribution in [2.24, 2.45) is 0 Å². The second-order valence-electron chi connectivity index (χ2n) is 1.75. The van der Waals surface area contributed by atoms with Gasteiger partial charge in [0.2, 0.25) is 0 Å². The van der Waals surface area contributed by atoms with E-state index in [-0.39, 0.29) is 5.75 Å². The van der Waals surface area contributed by atoms with Crippen LogP contribution in [0.15, 0.2) is 24.3 Å². The summed E-state index contributed by atoms with van der Waals surface area (Å²) in [5.41, 5.74) is 0. The van der Waals surface area contributed by atoms with E-state index in [4.69, 9.17) is 16.7 Å². The molecule has 0 amide bonds. The molecular formula is C6H5ClNO2S. The molecule has 0 bridgehead atoms. The molecule has 3 nitrogen and oxygen atoms in total. The van der Waals surface area contributed by atoms with Crippen molar-refractivity contribution in [2.75, 3.05) is 0 Å². The molecule has 0 aliphatic rings. The third-order valence-corrected chi connectivity index (χ3v) is 1.65. The van der Waals surface area contributed by atoms with Crippen molar-refractivity contribution in [3.05, 3.63) is 29.3 Å². The monoisotopic (exact) mass is 190 g/mol. The molecule has 1 aromatic rings. The van der Waals surface area contributed by atoms with E-state index in [1.54, 1.807) is 24.3 Å². The normalized spacial score (nSPS) is 12.5. The van der Waals surface area contributed by atoms with E-state index in [0.717, 1.165) is 0 Å². The van der Waals surface area contributed by atoms with Gasteiger partial charge in [-0.3, -0.25) is 0 Å². The van der Waals surface area contributed by atoms with Crippen molar-refractivity contribution in [2.45, 2.75) is 0 Å². The highest BCUT2D eigenvalue weighted by molar-refractivity contribution is 7.77. The highest BCUT2D eigenvalue weighted by Crippen LogP contribution is 2.23.